The second kappa shape index (κ2) is 9.39. The molecule has 3 N–H and O–H groups in total. The number of guanidine groups is 1. The predicted molar refractivity (Wildman–Crippen MR) is 110 cm³/mol. The van der Waals surface area contributed by atoms with E-state index in [9.17, 15) is 5.11 Å². The number of hydrogen-bond donors (Lipinski definition) is 3. The Labute approximate surface area is 165 Å². The number of likely N-dealkylation sites (tertiary alicyclic amines) is 1. The van der Waals surface area contributed by atoms with E-state index in [2.05, 4.69) is 20.5 Å². The molecule has 27 heavy (non-hydrogen) atoms. The van der Waals surface area contributed by atoms with Crippen LogP contribution >= 0.6 is 11.3 Å². The van der Waals surface area contributed by atoms with Crippen LogP contribution in [-0.2, 0) is 5.60 Å². The first-order valence-electron chi connectivity index (χ1n) is 9.65. The van der Waals surface area contributed by atoms with E-state index in [1.807, 2.05) is 35.9 Å². The van der Waals surface area contributed by atoms with Crippen LogP contribution in [-0.4, -0.2) is 48.7 Å². The van der Waals surface area contributed by atoms with Gasteiger partial charge in [0, 0.05) is 13.1 Å². The number of furan rings is 1. The van der Waals surface area contributed by atoms with E-state index in [1.165, 1.54) is 12.8 Å². The molecular formula is C20H30N4O2S. The highest BCUT2D eigenvalue weighted by atomic mass is 32.1. The molecule has 148 valence electrons. The molecule has 0 aromatic carbocycles. The number of thiophene rings is 1. The van der Waals surface area contributed by atoms with Gasteiger partial charge in [-0.1, -0.05) is 0 Å². The first kappa shape index (κ1) is 19.9. The molecule has 2 aromatic heterocycles. The summed E-state index contributed by atoms with van der Waals surface area (Å²) in [5.41, 5.74) is -0.0739. The number of aliphatic hydroxyl groups is 1. The van der Waals surface area contributed by atoms with E-state index in [0.29, 0.717) is 19.0 Å². The van der Waals surface area contributed by atoms with Crippen molar-refractivity contribution in [2.24, 2.45) is 4.99 Å². The summed E-state index contributed by atoms with van der Waals surface area (Å²) < 4.78 is 5.68. The monoisotopic (exact) mass is 390 g/mol. The average Bonchev–Trinajstić information content (AvgIpc) is 3.43. The Morgan fingerprint density at radius 2 is 2.19 bits per heavy atom. The van der Waals surface area contributed by atoms with Crippen molar-refractivity contribution in [3.8, 4) is 0 Å². The lowest BCUT2D eigenvalue weighted by Gasteiger charge is -2.27. The molecule has 6 nitrogen and oxygen atoms in total. The van der Waals surface area contributed by atoms with Gasteiger partial charge >= 0.3 is 0 Å². The number of nitrogens with zero attached hydrogens (tertiary/aromatic N) is 2. The molecule has 1 saturated heterocycles. The summed E-state index contributed by atoms with van der Waals surface area (Å²) in [6.07, 6.45) is 4.19. The molecule has 0 aliphatic carbocycles. The summed E-state index contributed by atoms with van der Waals surface area (Å²) in [6.45, 7) is 7.80. The Bertz CT molecular complexity index is 692. The molecule has 0 radical (unpaired) electrons. The molecule has 0 spiro atoms. The van der Waals surface area contributed by atoms with Crippen molar-refractivity contribution in [2.75, 3.05) is 32.7 Å². The fourth-order valence-corrected chi connectivity index (χ4v) is 4.16. The van der Waals surface area contributed by atoms with Crippen LogP contribution in [0, 0.1) is 0 Å². The van der Waals surface area contributed by atoms with Crippen molar-refractivity contribution in [3.63, 3.8) is 0 Å². The molecule has 0 saturated carbocycles. The summed E-state index contributed by atoms with van der Waals surface area (Å²) in [7, 11) is 0. The van der Waals surface area contributed by atoms with Crippen LogP contribution in [0.4, 0.5) is 0 Å². The van der Waals surface area contributed by atoms with Gasteiger partial charge in [0.1, 0.15) is 11.4 Å². The molecule has 1 fully saturated rings. The average molecular weight is 391 g/mol. The van der Waals surface area contributed by atoms with E-state index in [1.54, 1.807) is 24.5 Å². The number of hydrogen-bond acceptors (Lipinski definition) is 5. The smallest absolute Gasteiger partial charge is 0.191 e. The standard InChI is InChI=1S/C20H30N4O2S/c1-3-21-19(23-15-20(2,25)16-8-12-27-14-16)22-13-17(18-7-6-11-26-18)24-9-4-5-10-24/h6-8,11-12,14,17,25H,3-5,9-10,13,15H2,1-2H3,(H2,21,22,23). The maximum Gasteiger partial charge on any atom is 0.191 e. The summed E-state index contributed by atoms with van der Waals surface area (Å²) >= 11 is 1.58. The normalized spacial score (nSPS) is 19.0. The molecule has 0 bridgehead atoms. The molecule has 1 aliphatic heterocycles. The molecule has 3 rings (SSSR count). The highest BCUT2D eigenvalue weighted by Gasteiger charge is 2.26. The number of nitrogens with one attached hydrogen (secondary N) is 2. The highest BCUT2D eigenvalue weighted by molar-refractivity contribution is 7.08. The lowest BCUT2D eigenvalue weighted by atomic mass is 10.00. The Kier molecular flexibility index (Phi) is 6.93. The van der Waals surface area contributed by atoms with Crippen LogP contribution in [0.15, 0.2) is 44.6 Å². The van der Waals surface area contributed by atoms with Crippen molar-refractivity contribution in [2.45, 2.75) is 38.3 Å². The van der Waals surface area contributed by atoms with Gasteiger partial charge < -0.3 is 20.2 Å². The second-order valence-corrected chi connectivity index (χ2v) is 7.92. The lowest BCUT2D eigenvalue weighted by molar-refractivity contribution is 0.0677. The summed E-state index contributed by atoms with van der Waals surface area (Å²) in [6, 6.07) is 6.11. The van der Waals surface area contributed by atoms with Crippen molar-refractivity contribution >= 4 is 17.3 Å². The van der Waals surface area contributed by atoms with Crippen LogP contribution in [0.5, 0.6) is 0 Å². The van der Waals surface area contributed by atoms with Crippen molar-refractivity contribution in [3.05, 3.63) is 46.5 Å². The quantitative estimate of drug-likeness (QED) is 0.477. The zero-order valence-electron chi connectivity index (χ0n) is 16.1. The van der Waals surface area contributed by atoms with Crippen molar-refractivity contribution in [1.29, 1.82) is 0 Å². The Morgan fingerprint density at radius 1 is 1.37 bits per heavy atom. The largest absolute Gasteiger partial charge is 0.468 e. The van der Waals surface area contributed by atoms with E-state index in [0.717, 1.165) is 31.0 Å². The Morgan fingerprint density at radius 3 is 2.81 bits per heavy atom. The Hall–Kier alpha value is -1.83. The predicted octanol–water partition coefficient (Wildman–Crippen LogP) is 2.94. The fraction of sp³-hybridized carbons (Fsp3) is 0.550. The van der Waals surface area contributed by atoms with Crippen molar-refractivity contribution in [1.82, 2.24) is 15.5 Å². The van der Waals surface area contributed by atoms with Gasteiger partial charge in [0.05, 0.1) is 18.8 Å². The Balaban J connectivity index is 1.65. The van der Waals surface area contributed by atoms with Gasteiger partial charge in [-0.25, -0.2) is 4.99 Å². The third-order valence-electron chi connectivity index (χ3n) is 4.95. The van der Waals surface area contributed by atoms with Gasteiger partial charge in [-0.15, -0.1) is 0 Å². The molecule has 2 aromatic rings. The highest BCUT2D eigenvalue weighted by Crippen LogP contribution is 2.25. The molecular weight excluding hydrogens is 360 g/mol. The first-order chi connectivity index (χ1) is 13.1. The lowest BCUT2D eigenvalue weighted by Crippen LogP contribution is -2.43. The zero-order chi connectivity index (χ0) is 19.1. The second-order valence-electron chi connectivity index (χ2n) is 7.14. The van der Waals surface area contributed by atoms with Crippen LogP contribution < -0.4 is 10.6 Å². The molecule has 2 atom stereocenters. The third-order valence-corrected chi connectivity index (χ3v) is 5.63. The van der Waals surface area contributed by atoms with Crippen LogP contribution in [0.25, 0.3) is 0 Å². The van der Waals surface area contributed by atoms with Crippen LogP contribution in [0.1, 0.15) is 44.1 Å². The van der Waals surface area contributed by atoms with Gasteiger partial charge in [-0.3, -0.25) is 4.90 Å². The number of aliphatic imine (C=N–C) groups is 1. The summed E-state index contributed by atoms with van der Waals surface area (Å²) in [4.78, 5) is 7.08. The van der Waals surface area contributed by atoms with Gasteiger partial charge in [-0.2, -0.15) is 11.3 Å². The third kappa shape index (κ3) is 5.34. The van der Waals surface area contributed by atoms with E-state index in [4.69, 9.17) is 4.42 Å². The van der Waals surface area contributed by atoms with Crippen molar-refractivity contribution < 1.29 is 9.52 Å². The van der Waals surface area contributed by atoms with Gasteiger partial charge in [0.25, 0.3) is 0 Å². The maximum absolute atomic E-state index is 10.7. The van der Waals surface area contributed by atoms with Crippen LogP contribution in [0.3, 0.4) is 0 Å². The zero-order valence-corrected chi connectivity index (χ0v) is 17.0. The van der Waals surface area contributed by atoms with E-state index >= 15 is 0 Å². The molecule has 0 amide bonds. The molecule has 7 heteroatoms. The van der Waals surface area contributed by atoms with E-state index in [-0.39, 0.29) is 6.04 Å². The molecule has 1 aliphatic rings. The van der Waals surface area contributed by atoms with Gasteiger partial charge in [0.2, 0.25) is 0 Å². The van der Waals surface area contributed by atoms with Gasteiger partial charge in [0.15, 0.2) is 5.96 Å². The summed E-state index contributed by atoms with van der Waals surface area (Å²) in [5.74, 6) is 1.69. The van der Waals surface area contributed by atoms with Crippen LogP contribution in [0.2, 0.25) is 0 Å². The maximum atomic E-state index is 10.7. The minimum atomic E-state index is -0.974. The minimum absolute atomic E-state index is 0.184. The fourth-order valence-electron chi connectivity index (χ4n) is 3.37. The SMILES string of the molecule is CCNC(=NCC(C)(O)c1ccsc1)NCC(c1ccco1)N1CCCC1. The number of rotatable bonds is 8. The summed E-state index contributed by atoms with van der Waals surface area (Å²) in [5, 5.41) is 21.4. The topological polar surface area (TPSA) is 73.0 Å². The first-order valence-corrected chi connectivity index (χ1v) is 10.6. The molecule has 3 heterocycles. The van der Waals surface area contributed by atoms with E-state index < -0.39 is 5.60 Å². The van der Waals surface area contributed by atoms with Gasteiger partial charge in [-0.05, 0) is 74.3 Å². The minimum Gasteiger partial charge on any atom is -0.468 e. The molecule has 2 unspecified atom stereocenters.